The van der Waals surface area contributed by atoms with Crippen LogP contribution in [0.15, 0.2) is 59.1 Å². The molecule has 2 atom stereocenters. The molecular formula is C21H26BrNO. The lowest BCUT2D eigenvalue weighted by atomic mass is 9.89. The average Bonchev–Trinajstić information content (AvgIpc) is 2.63. The fraction of sp³-hybridized carbons (Fsp3) is 0.429. The van der Waals surface area contributed by atoms with E-state index in [0.717, 1.165) is 29.0 Å². The number of aliphatic hydroxyl groups excluding tert-OH is 1. The van der Waals surface area contributed by atoms with Crippen molar-refractivity contribution < 1.29 is 5.11 Å². The first-order valence-corrected chi connectivity index (χ1v) is 9.64. The minimum atomic E-state index is -0.427. The molecule has 24 heavy (non-hydrogen) atoms. The zero-order chi connectivity index (χ0) is 16.9. The van der Waals surface area contributed by atoms with Gasteiger partial charge >= 0.3 is 0 Å². The Morgan fingerprint density at radius 2 is 1.67 bits per heavy atom. The van der Waals surface area contributed by atoms with Gasteiger partial charge in [-0.25, -0.2) is 0 Å². The van der Waals surface area contributed by atoms with Gasteiger partial charge < -0.3 is 5.11 Å². The van der Waals surface area contributed by atoms with E-state index in [1.54, 1.807) is 0 Å². The second-order valence-electron chi connectivity index (χ2n) is 6.91. The van der Waals surface area contributed by atoms with Crippen molar-refractivity contribution in [3.63, 3.8) is 0 Å². The van der Waals surface area contributed by atoms with Crippen LogP contribution in [-0.2, 0) is 6.42 Å². The molecule has 0 bridgehead atoms. The van der Waals surface area contributed by atoms with Gasteiger partial charge in [-0.1, -0.05) is 58.4 Å². The molecule has 1 aliphatic rings. The van der Waals surface area contributed by atoms with Crippen molar-refractivity contribution in [1.29, 1.82) is 0 Å². The van der Waals surface area contributed by atoms with Crippen LogP contribution >= 0.6 is 15.9 Å². The molecule has 1 N–H and O–H groups in total. The van der Waals surface area contributed by atoms with Gasteiger partial charge in [-0.2, -0.15) is 0 Å². The van der Waals surface area contributed by atoms with Crippen molar-refractivity contribution >= 4 is 15.9 Å². The van der Waals surface area contributed by atoms with E-state index in [2.05, 4.69) is 58.1 Å². The third-order valence-corrected chi connectivity index (χ3v) is 5.79. The third kappa shape index (κ3) is 4.47. The minimum Gasteiger partial charge on any atom is -0.387 e. The van der Waals surface area contributed by atoms with Gasteiger partial charge in [0, 0.05) is 10.5 Å². The molecule has 1 aliphatic heterocycles. The second-order valence-corrected chi connectivity index (χ2v) is 7.82. The summed E-state index contributed by atoms with van der Waals surface area (Å²) >= 11 is 3.45. The van der Waals surface area contributed by atoms with Gasteiger partial charge in [-0.3, -0.25) is 4.90 Å². The van der Waals surface area contributed by atoms with E-state index in [1.165, 1.54) is 24.8 Å². The third-order valence-electron chi connectivity index (χ3n) is 5.26. The van der Waals surface area contributed by atoms with Crippen LogP contribution in [0, 0.1) is 5.92 Å². The van der Waals surface area contributed by atoms with E-state index in [0.29, 0.717) is 0 Å². The quantitative estimate of drug-likeness (QED) is 0.794. The van der Waals surface area contributed by atoms with Crippen LogP contribution in [0.3, 0.4) is 0 Å². The molecule has 0 radical (unpaired) electrons. The SMILES string of the molecule is C[C@@H]([C@H](O)c1ccc(Br)cc1)N1CCC(Cc2ccccc2)CC1. The molecule has 0 saturated carbocycles. The van der Waals surface area contributed by atoms with E-state index < -0.39 is 6.10 Å². The molecule has 3 heteroatoms. The van der Waals surface area contributed by atoms with E-state index >= 15 is 0 Å². The highest BCUT2D eigenvalue weighted by Gasteiger charge is 2.27. The van der Waals surface area contributed by atoms with Crippen LogP contribution in [0.1, 0.15) is 37.0 Å². The first-order valence-electron chi connectivity index (χ1n) is 8.85. The van der Waals surface area contributed by atoms with Crippen LogP contribution in [0.4, 0.5) is 0 Å². The van der Waals surface area contributed by atoms with Gasteiger partial charge in [0.1, 0.15) is 0 Å². The maximum Gasteiger partial charge on any atom is 0.0942 e. The molecular weight excluding hydrogens is 362 g/mol. The summed E-state index contributed by atoms with van der Waals surface area (Å²) in [6.45, 7) is 4.29. The Morgan fingerprint density at radius 1 is 1.04 bits per heavy atom. The van der Waals surface area contributed by atoms with Gasteiger partial charge in [0.25, 0.3) is 0 Å². The Bertz CT molecular complexity index is 620. The summed E-state index contributed by atoms with van der Waals surface area (Å²) in [4.78, 5) is 2.44. The number of nitrogens with zero attached hydrogens (tertiary/aromatic N) is 1. The summed E-state index contributed by atoms with van der Waals surface area (Å²) in [7, 11) is 0. The van der Waals surface area contributed by atoms with Crippen LogP contribution in [-0.4, -0.2) is 29.1 Å². The van der Waals surface area contributed by atoms with Crippen LogP contribution in [0.2, 0.25) is 0 Å². The molecule has 2 aromatic carbocycles. The van der Waals surface area contributed by atoms with Gasteiger partial charge in [0.05, 0.1) is 6.10 Å². The molecule has 1 saturated heterocycles. The zero-order valence-electron chi connectivity index (χ0n) is 14.2. The van der Waals surface area contributed by atoms with E-state index in [4.69, 9.17) is 0 Å². The predicted octanol–water partition coefficient (Wildman–Crippen LogP) is 4.83. The largest absolute Gasteiger partial charge is 0.387 e. The Hall–Kier alpha value is -1.16. The molecule has 1 heterocycles. The highest BCUT2D eigenvalue weighted by atomic mass is 79.9. The predicted molar refractivity (Wildman–Crippen MR) is 103 cm³/mol. The molecule has 0 amide bonds. The standard InChI is InChI=1S/C21H26BrNO/c1-16(21(24)19-7-9-20(22)10-8-19)23-13-11-18(12-14-23)15-17-5-3-2-4-6-17/h2-10,16,18,21,24H,11-15H2,1H3/t16-,21-/m0/s1. The van der Waals surface area contributed by atoms with Gasteiger partial charge in [-0.05, 0) is 68.5 Å². The van der Waals surface area contributed by atoms with Crippen molar-refractivity contribution in [2.24, 2.45) is 5.92 Å². The molecule has 128 valence electrons. The first-order chi connectivity index (χ1) is 11.6. The monoisotopic (exact) mass is 387 g/mol. The Balaban J connectivity index is 1.53. The molecule has 0 aromatic heterocycles. The molecule has 2 nitrogen and oxygen atoms in total. The Labute approximate surface area is 153 Å². The number of rotatable bonds is 5. The summed E-state index contributed by atoms with van der Waals surface area (Å²) in [5, 5.41) is 10.7. The molecule has 1 fully saturated rings. The highest BCUT2D eigenvalue weighted by Crippen LogP contribution is 2.28. The lowest BCUT2D eigenvalue weighted by Gasteiger charge is -2.38. The normalized spacial score (nSPS) is 19.1. The maximum absolute atomic E-state index is 10.7. The van der Waals surface area contributed by atoms with E-state index in [9.17, 15) is 5.11 Å². The smallest absolute Gasteiger partial charge is 0.0942 e. The number of aliphatic hydroxyl groups is 1. The van der Waals surface area contributed by atoms with Crippen molar-refractivity contribution in [2.45, 2.75) is 38.3 Å². The Kier molecular flexibility index (Phi) is 6.09. The number of benzene rings is 2. The lowest BCUT2D eigenvalue weighted by Crippen LogP contribution is -2.43. The Morgan fingerprint density at radius 3 is 2.29 bits per heavy atom. The molecule has 0 unspecified atom stereocenters. The number of hydrogen-bond donors (Lipinski definition) is 1. The zero-order valence-corrected chi connectivity index (χ0v) is 15.8. The number of halogens is 1. The van der Waals surface area contributed by atoms with Crippen molar-refractivity contribution in [1.82, 2.24) is 4.90 Å². The van der Waals surface area contributed by atoms with Crippen molar-refractivity contribution in [3.05, 3.63) is 70.2 Å². The van der Waals surface area contributed by atoms with Crippen molar-refractivity contribution in [3.8, 4) is 0 Å². The van der Waals surface area contributed by atoms with Gasteiger partial charge in [-0.15, -0.1) is 0 Å². The topological polar surface area (TPSA) is 23.5 Å². The van der Waals surface area contributed by atoms with E-state index in [-0.39, 0.29) is 6.04 Å². The van der Waals surface area contributed by atoms with Crippen LogP contribution in [0.25, 0.3) is 0 Å². The van der Waals surface area contributed by atoms with Crippen LogP contribution in [0.5, 0.6) is 0 Å². The maximum atomic E-state index is 10.7. The van der Waals surface area contributed by atoms with Gasteiger partial charge in [0.2, 0.25) is 0 Å². The molecule has 2 aromatic rings. The number of piperidine rings is 1. The van der Waals surface area contributed by atoms with Gasteiger partial charge in [0.15, 0.2) is 0 Å². The van der Waals surface area contributed by atoms with Crippen molar-refractivity contribution in [2.75, 3.05) is 13.1 Å². The average molecular weight is 388 g/mol. The molecule has 0 spiro atoms. The van der Waals surface area contributed by atoms with E-state index in [1.807, 2.05) is 24.3 Å². The lowest BCUT2D eigenvalue weighted by molar-refractivity contribution is 0.0373. The fourth-order valence-electron chi connectivity index (χ4n) is 3.65. The summed E-state index contributed by atoms with van der Waals surface area (Å²) in [6.07, 6.45) is 3.18. The summed E-state index contributed by atoms with van der Waals surface area (Å²) in [5.41, 5.74) is 2.44. The van der Waals surface area contributed by atoms with Crippen LogP contribution < -0.4 is 0 Å². The number of likely N-dealkylation sites (tertiary alicyclic amines) is 1. The highest BCUT2D eigenvalue weighted by molar-refractivity contribution is 9.10. The fourth-order valence-corrected chi connectivity index (χ4v) is 3.91. The summed E-state index contributed by atoms with van der Waals surface area (Å²) in [6, 6.07) is 19.0. The summed E-state index contributed by atoms with van der Waals surface area (Å²) < 4.78 is 1.05. The molecule has 0 aliphatic carbocycles. The first kappa shape index (κ1) is 17.7. The second kappa shape index (κ2) is 8.28. The minimum absolute atomic E-state index is 0.156. The molecule has 3 rings (SSSR count). The number of hydrogen-bond acceptors (Lipinski definition) is 2. The summed E-state index contributed by atoms with van der Waals surface area (Å²) in [5.74, 6) is 0.765.